The minimum atomic E-state index is 0.339. The van der Waals surface area contributed by atoms with E-state index in [-0.39, 0.29) is 0 Å². The van der Waals surface area contributed by atoms with Gasteiger partial charge in [-0.3, -0.25) is 9.69 Å². The predicted octanol–water partition coefficient (Wildman–Crippen LogP) is 1.34. The molecule has 1 unspecified atom stereocenters. The Morgan fingerprint density at radius 2 is 2.05 bits per heavy atom. The maximum atomic E-state index is 11.6. The van der Waals surface area contributed by atoms with Crippen molar-refractivity contribution in [2.45, 2.75) is 25.3 Å². The van der Waals surface area contributed by atoms with Gasteiger partial charge in [-0.2, -0.15) is 0 Å². The summed E-state index contributed by atoms with van der Waals surface area (Å²) in [7, 11) is 0. The quantitative estimate of drug-likeness (QED) is 0.656. The molecule has 1 aromatic rings. The lowest BCUT2D eigenvalue weighted by molar-refractivity contribution is -0.130. The molecule has 21 heavy (non-hydrogen) atoms. The largest absolute Gasteiger partial charge is 0.494 e. The standard InChI is InChI=1S/C16H23N3O2/c17-13-2-5-15(6-3-13)21-11-1-8-18-9-10-19-14(12-18)4-7-16(19)20/h2-3,5-6,14H,1,4,7-12,17H2. The Hall–Kier alpha value is -1.75. The van der Waals surface area contributed by atoms with Gasteiger partial charge >= 0.3 is 0 Å². The highest BCUT2D eigenvalue weighted by Crippen LogP contribution is 2.22. The molecule has 2 heterocycles. The first-order chi connectivity index (χ1) is 10.2. The number of hydrogen-bond acceptors (Lipinski definition) is 4. The summed E-state index contributed by atoms with van der Waals surface area (Å²) in [5.41, 5.74) is 6.40. The van der Waals surface area contributed by atoms with Crippen LogP contribution >= 0.6 is 0 Å². The number of benzene rings is 1. The van der Waals surface area contributed by atoms with Crippen LogP contribution in [0.4, 0.5) is 5.69 Å². The Morgan fingerprint density at radius 3 is 2.86 bits per heavy atom. The van der Waals surface area contributed by atoms with Gasteiger partial charge in [-0.05, 0) is 37.1 Å². The molecule has 0 aliphatic carbocycles. The van der Waals surface area contributed by atoms with Crippen LogP contribution in [0.1, 0.15) is 19.3 Å². The van der Waals surface area contributed by atoms with Crippen LogP contribution in [-0.4, -0.2) is 54.5 Å². The number of nitrogen functional groups attached to an aromatic ring is 1. The summed E-state index contributed by atoms with van der Waals surface area (Å²) >= 11 is 0. The second-order valence-corrected chi connectivity index (χ2v) is 5.85. The molecule has 5 heteroatoms. The van der Waals surface area contributed by atoms with Crippen molar-refractivity contribution >= 4 is 11.6 Å². The number of carbonyl (C=O) groups is 1. The van der Waals surface area contributed by atoms with E-state index in [0.29, 0.717) is 18.6 Å². The molecule has 0 bridgehead atoms. The highest BCUT2D eigenvalue weighted by atomic mass is 16.5. The lowest BCUT2D eigenvalue weighted by Gasteiger charge is -2.37. The molecule has 0 saturated carbocycles. The Bertz CT molecular complexity index is 489. The van der Waals surface area contributed by atoms with Crippen LogP contribution in [0.5, 0.6) is 5.75 Å². The Labute approximate surface area is 125 Å². The van der Waals surface area contributed by atoms with E-state index < -0.39 is 0 Å². The van der Waals surface area contributed by atoms with E-state index in [2.05, 4.69) is 9.80 Å². The van der Waals surface area contributed by atoms with Crippen molar-refractivity contribution in [3.8, 4) is 5.75 Å². The van der Waals surface area contributed by atoms with Crippen LogP contribution in [0.2, 0.25) is 0 Å². The Morgan fingerprint density at radius 1 is 1.24 bits per heavy atom. The predicted molar refractivity (Wildman–Crippen MR) is 82.1 cm³/mol. The maximum Gasteiger partial charge on any atom is 0.222 e. The number of fused-ring (bicyclic) bond motifs is 1. The van der Waals surface area contributed by atoms with Crippen LogP contribution in [0.25, 0.3) is 0 Å². The summed E-state index contributed by atoms with van der Waals surface area (Å²) in [4.78, 5) is 16.1. The molecule has 1 atom stereocenters. The third-order valence-corrected chi connectivity index (χ3v) is 4.35. The molecule has 114 valence electrons. The SMILES string of the molecule is Nc1ccc(OCCCN2CCN3C(=O)CCC3C2)cc1. The summed E-state index contributed by atoms with van der Waals surface area (Å²) in [6.45, 7) is 4.65. The zero-order chi connectivity index (χ0) is 14.7. The first kappa shape index (κ1) is 14.2. The fourth-order valence-electron chi connectivity index (χ4n) is 3.17. The van der Waals surface area contributed by atoms with E-state index >= 15 is 0 Å². The first-order valence-corrected chi connectivity index (χ1v) is 7.72. The van der Waals surface area contributed by atoms with Gasteiger partial charge < -0.3 is 15.4 Å². The second kappa shape index (κ2) is 6.35. The van der Waals surface area contributed by atoms with Crippen molar-refractivity contribution in [1.82, 2.24) is 9.80 Å². The second-order valence-electron chi connectivity index (χ2n) is 5.85. The molecule has 0 radical (unpaired) electrons. The van der Waals surface area contributed by atoms with Crippen LogP contribution in [0.15, 0.2) is 24.3 Å². The summed E-state index contributed by atoms with van der Waals surface area (Å²) < 4.78 is 5.71. The van der Waals surface area contributed by atoms with E-state index in [4.69, 9.17) is 10.5 Å². The molecule has 2 N–H and O–H groups in total. The summed E-state index contributed by atoms with van der Waals surface area (Å²) in [6, 6.07) is 7.96. The minimum absolute atomic E-state index is 0.339. The molecule has 2 fully saturated rings. The number of amides is 1. The van der Waals surface area contributed by atoms with E-state index in [1.54, 1.807) is 0 Å². The lowest BCUT2D eigenvalue weighted by Crippen LogP contribution is -2.51. The minimum Gasteiger partial charge on any atom is -0.494 e. The number of anilines is 1. The highest BCUT2D eigenvalue weighted by Gasteiger charge is 2.34. The Kier molecular flexibility index (Phi) is 4.29. The van der Waals surface area contributed by atoms with Gasteiger partial charge in [-0.15, -0.1) is 0 Å². The van der Waals surface area contributed by atoms with Gasteiger partial charge in [0.2, 0.25) is 5.91 Å². The first-order valence-electron chi connectivity index (χ1n) is 7.72. The van der Waals surface area contributed by atoms with Crippen LogP contribution in [-0.2, 0) is 4.79 Å². The molecule has 2 saturated heterocycles. The molecule has 0 aromatic heterocycles. The van der Waals surface area contributed by atoms with Gasteiger partial charge in [0, 0.05) is 44.3 Å². The molecular weight excluding hydrogens is 266 g/mol. The molecule has 1 amide bonds. The number of piperazine rings is 1. The summed E-state index contributed by atoms with van der Waals surface area (Å²) in [6.07, 6.45) is 2.76. The zero-order valence-electron chi connectivity index (χ0n) is 12.3. The lowest BCUT2D eigenvalue weighted by atomic mass is 10.1. The average Bonchev–Trinajstić information content (AvgIpc) is 2.86. The third kappa shape index (κ3) is 3.47. The normalized spacial score (nSPS) is 22.4. The fraction of sp³-hybridized carbons (Fsp3) is 0.562. The van der Waals surface area contributed by atoms with Crippen molar-refractivity contribution in [2.24, 2.45) is 0 Å². The zero-order valence-corrected chi connectivity index (χ0v) is 12.3. The summed E-state index contributed by atoms with van der Waals surface area (Å²) in [5, 5.41) is 0. The third-order valence-electron chi connectivity index (χ3n) is 4.35. The van der Waals surface area contributed by atoms with Gasteiger partial charge in [0.05, 0.1) is 6.61 Å². The highest BCUT2D eigenvalue weighted by molar-refractivity contribution is 5.78. The monoisotopic (exact) mass is 289 g/mol. The van der Waals surface area contributed by atoms with E-state index in [1.807, 2.05) is 24.3 Å². The van der Waals surface area contributed by atoms with Crippen molar-refractivity contribution < 1.29 is 9.53 Å². The molecule has 1 aromatic carbocycles. The number of rotatable bonds is 5. The van der Waals surface area contributed by atoms with Crippen LogP contribution in [0.3, 0.4) is 0 Å². The van der Waals surface area contributed by atoms with E-state index in [0.717, 1.165) is 56.9 Å². The van der Waals surface area contributed by atoms with Gasteiger partial charge in [0.25, 0.3) is 0 Å². The van der Waals surface area contributed by atoms with Gasteiger partial charge in [0.15, 0.2) is 0 Å². The number of ether oxygens (including phenoxy) is 1. The smallest absolute Gasteiger partial charge is 0.222 e. The number of hydrogen-bond donors (Lipinski definition) is 1. The number of nitrogens with two attached hydrogens (primary N) is 1. The number of carbonyl (C=O) groups excluding carboxylic acids is 1. The van der Waals surface area contributed by atoms with Crippen molar-refractivity contribution in [1.29, 1.82) is 0 Å². The topological polar surface area (TPSA) is 58.8 Å². The molecule has 2 aliphatic heterocycles. The van der Waals surface area contributed by atoms with Crippen molar-refractivity contribution in [3.05, 3.63) is 24.3 Å². The van der Waals surface area contributed by atoms with Crippen molar-refractivity contribution in [2.75, 3.05) is 38.5 Å². The molecule has 3 rings (SSSR count). The summed E-state index contributed by atoms with van der Waals surface area (Å²) in [5.74, 6) is 1.21. The molecule has 0 spiro atoms. The van der Waals surface area contributed by atoms with Crippen molar-refractivity contribution in [3.63, 3.8) is 0 Å². The Balaban J connectivity index is 1.36. The van der Waals surface area contributed by atoms with Gasteiger partial charge in [0.1, 0.15) is 5.75 Å². The maximum absolute atomic E-state index is 11.6. The molecule has 5 nitrogen and oxygen atoms in total. The number of nitrogens with zero attached hydrogens (tertiary/aromatic N) is 2. The average molecular weight is 289 g/mol. The molecular formula is C16H23N3O2. The van der Waals surface area contributed by atoms with Gasteiger partial charge in [-0.25, -0.2) is 0 Å². The van der Waals surface area contributed by atoms with Crippen LogP contribution < -0.4 is 10.5 Å². The fourth-order valence-corrected chi connectivity index (χ4v) is 3.17. The molecule has 2 aliphatic rings. The van der Waals surface area contributed by atoms with Crippen LogP contribution in [0, 0.1) is 0 Å². The van der Waals surface area contributed by atoms with E-state index in [9.17, 15) is 4.79 Å². The van der Waals surface area contributed by atoms with Gasteiger partial charge in [-0.1, -0.05) is 0 Å². The van der Waals surface area contributed by atoms with E-state index in [1.165, 1.54) is 0 Å².